The molecule has 3 heterocycles. The number of aliphatic hydroxyl groups is 1. The van der Waals surface area contributed by atoms with E-state index in [1.165, 1.54) is 18.1 Å². The van der Waals surface area contributed by atoms with Gasteiger partial charge in [0, 0.05) is 35.4 Å². The van der Waals surface area contributed by atoms with E-state index in [0.29, 0.717) is 33.8 Å². The Bertz CT molecular complexity index is 1190. The monoisotopic (exact) mass is 440 g/mol. The third-order valence-electron chi connectivity index (χ3n) is 5.31. The molecule has 1 aliphatic heterocycles. The number of halogens is 1. The lowest BCUT2D eigenvalue weighted by Gasteiger charge is -2.26. The van der Waals surface area contributed by atoms with Gasteiger partial charge in [0.15, 0.2) is 22.9 Å². The Morgan fingerprint density at radius 2 is 2.03 bits per heavy atom. The summed E-state index contributed by atoms with van der Waals surface area (Å²) in [6.45, 7) is 2.42. The molecule has 1 N–H and O–H groups in total. The van der Waals surface area contributed by atoms with Gasteiger partial charge >= 0.3 is 0 Å². The number of amides is 1. The second-order valence-electron chi connectivity index (χ2n) is 7.26. The number of benzene rings is 1. The fraction of sp³-hybridized carbons (Fsp3) is 0.261. The first-order valence-corrected chi connectivity index (χ1v) is 10.3. The number of pyridine rings is 1. The first-order chi connectivity index (χ1) is 15.0. The number of unbranched alkanes of at least 4 members (excludes halogenated alkanes) is 1. The summed E-state index contributed by atoms with van der Waals surface area (Å²) in [4.78, 5) is 31.9. The van der Waals surface area contributed by atoms with Gasteiger partial charge in [-0.2, -0.15) is 0 Å². The molecule has 0 saturated heterocycles. The lowest BCUT2D eigenvalue weighted by atomic mass is 9.95. The maximum atomic E-state index is 13.5. The van der Waals surface area contributed by atoms with Gasteiger partial charge in [0.05, 0.1) is 18.7 Å². The molecule has 31 heavy (non-hydrogen) atoms. The summed E-state index contributed by atoms with van der Waals surface area (Å²) < 4.78 is 11.1. The SMILES string of the molecule is CCCCN1C(=O)C(O)=C(C(=O)c2cc3cc(Cl)cc(OC)c3o2)C1c1ccncc1. The van der Waals surface area contributed by atoms with Crippen LogP contribution >= 0.6 is 11.6 Å². The summed E-state index contributed by atoms with van der Waals surface area (Å²) in [6.07, 6.45) is 4.77. The van der Waals surface area contributed by atoms with Crippen molar-refractivity contribution in [2.45, 2.75) is 25.8 Å². The standard InChI is InChI=1S/C23H21ClN2O5/c1-3-4-9-26-19(13-5-7-25-8-6-13)18(21(28)23(26)29)20(27)16-11-14-10-15(24)12-17(30-2)22(14)31-16/h5-8,10-12,19,28H,3-4,9H2,1-2H3. The highest BCUT2D eigenvalue weighted by Gasteiger charge is 2.44. The van der Waals surface area contributed by atoms with Crippen LogP contribution in [-0.2, 0) is 4.79 Å². The Morgan fingerprint density at radius 1 is 1.29 bits per heavy atom. The van der Waals surface area contributed by atoms with Crippen molar-refractivity contribution in [3.8, 4) is 5.75 Å². The van der Waals surface area contributed by atoms with Crippen LogP contribution in [0.15, 0.2) is 58.5 Å². The second-order valence-corrected chi connectivity index (χ2v) is 7.70. The number of Topliss-reactive ketones (excluding diaryl/α,β-unsaturated/α-hetero) is 1. The zero-order chi connectivity index (χ0) is 22.1. The van der Waals surface area contributed by atoms with E-state index in [1.807, 2.05) is 6.92 Å². The molecule has 8 heteroatoms. The van der Waals surface area contributed by atoms with Gasteiger partial charge in [-0.05, 0) is 36.2 Å². The summed E-state index contributed by atoms with van der Waals surface area (Å²) in [5.74, 6) is -1.33. The average Bonchev–Trinajstić information content (AvgIpc) is 3.31. The molecule has 160 valence electrons. The van der Waals surface area contributed by atoms with Gasteiger partial charge < -0.3 is 19.2 Å². The summed E-state index contributed by atoms with van der Waals surface area (Å²) >= 11 is 6.12. The van der Waals surface area contributed by atoms with E-state index in [1.54, 1.807) is 36.7 Å². The Balaban J connectivity index is 1.81. The fourth-order valence-electron chi connectivity index (χ4n) is 3.82. The van der Waals surface area contributed by atoms with Gasteiger partial charge in [0.2, 0.25) is 5.78 Å². The zero-order valence-corrected chi connectivity index (χ0v) is 17.8. The molecule has 4 rings (SSSR count). The molecule has 0 fully saturated rings. The maximum absolute atomic E-state index is 13.5. The van der Waals surface area contributed by atoms with Gasteiger partial charge in [-0.1, -0.05) is 24.9 Å². The van der Waals surface area contributed by atoms with Crippen LogP contribution in [0.4, 0.5) is 0 Å². The first-order valence-electron chi connectivity index (χ1n) is 9.92. The van der Waals surface area contributed by atoms with Gasteiger partial charge in [0.1, 0.15) is 0 Å². The quantitative estimate of drug-likeness (QED) is 0.527. The van der Waals surface area contributed by atoms with Crippen LogP contribution in [-0.4, -0.2) is 40.3 Å². The van der Waals surface area contributed by atoms with Crippen molar-refractivity contribution in [1.29, 1.82) is 0 Å². The third kappa shape index (κ3) is 3.65. The smallest absolute Gasteiger partial charge is 0.290 e. The van der Waals surface area contributed by atoms with Crippen LogP contribution in [0.25, 0.3) is 11.0 Å². The topological polar surface area (TPSA) is 92.9 Å². The highest BCUT2D eigenvalue weighted by Crippen LogP contribution is 2.40. The van der Waals surface area contributed by atoms with E-state index in [-0.39, 0.29) is 11.3 Å². The van der Waals surface area contributed by atoms with Crippen molar-refractivity contribution in [2.75, 3.05) is 13.7 Å². The van der Waals surface area contributed by atoms with Crippen LogP contribution < -0.4 is 4.74 Å². The lowest BCUT2D eigenvalue weighted by Crippen LogP contribution is -2.32. The molecule has 0 spiro atoms. The molecule has 1 aliphatic rings. The van der Waals surface area contributed by atoms with Crippen LogP contribution in [0.1, 0.15) is 41.9 Å². The van der Waals surface area contributed by atoms with Gasteiger partial charge in [-0.15, -0.1) is 0 Å². The molecule has 1 unspecified atom stereocenters. The lowest BCUT2D eigenvalue weighted by molar-refractivity contribution is -0.129. The molecule has 2 aromatic heterocycles. The minimum Gasteiger partial charge on any atom is -0.503 e. The van der Waals surface area contributed by atoms with E-state index < -0.39 is 23.5 Å². The van der Waals surface area contributed by atoms with Crippen molar-refractivity contribution in [1.82, 2.24) is 9.88 Å². The Hall–Kier alpha value is -3.32. The number of aliphatic hydroxyl groups excluding tert-OH is 1. The van der Waals surface area contributed by atoms with E-state index in [4.69, 9.17) is 20.8 Å². The Morgan fingerprint density at radius 3 is 2.71 bits per heavy atom. The molecule has 1 amide bonds. The number of ketones is 1. The van der Waals surface area contributed by atoms with E-state index in [9.17, 15) is 14.7 Å². The highest BCUT2D eigenvalue weighted by atomic mass is 35.5. The summed E-state index contributed by atoms with van der Waals surface area (Å²) in [7, 11) is 1.48. The second kappa shape index (κ2) is 8.43. The van der Waals surface area contributed by atoms with Crippen LogP contribution in [0.5, 0.6) is 5.75 Å². The third-order valence-corrected chi connectivity index (χ3v) is 5.53. The zero-order valence-electron chi connectivity index (χ0n) is 17.1. The average molecular weight is 441 g/mol. The molecule has 0 saturated carbocycles. The number of methoxy groups -OCH3 is 1. The molecule has 0 aliphatic carbocycles. The van der Waals surface area contributed by atoms with Crippen LogP contribution in [0.3, 0.4) is 0 Å². The van der Waals surface area contributed by atoms with Crippen LogP contribution in [0.2, 0.25) is 5.02 Å². The van der Waals surface area contributed by atoms with Gasteiger partial charge in [-0.25, -0.2) is 0 Å². The number of fused-ring (bicyclic) bond motifs is 1. The highest BCUT2D eigenvalue weighted by molar-refractivity contribution is 6.31. The maximum Gasteiger partial charge on any atom is 0.290 e. The molecule has 1 atom stereocenters. The summed E-state index contributed by atoms with van der Waals surface area (Å²) in [5.41, 5.74) is 1.03. The van der Waals surface area contributed by atoms with Crippen LogP contribution in [0, 0.1) is 0 Å². The molecule has 0 bridgehead atoms. The number of furan rings is 1. The predicted octanol–water partition coefficient (Wildman–Crippen LogP) is 4.87. The number of hydrogen-bond acceptors (Lipinski definition) is 6. The number of ether oxygens (including phenoxy) is 1. The molecule has 0 radical (unpaired) electrons. The van der Waals surface area contributed by atoms with E-state index >= 15 is 0 Å². The van der Waals surface area contributed by atoms with Crippen molar-refractivity contribution in [3.63, 3.8) is 0 Å². The number of carbonyl (C=O) groups excluding carboxylic acids is 2. The minimum absolute atomic E-state index is 0.0127. The van der Waals surface area contributed by atoms with Crippen molar-refractivity contribution < 1.29 is 23.8 Å². The predicted molar refractivity (Wildman–Crippen MR) is 115 cm³/mol. The first kappa shape index (κ1) is 20.9. The number of aromatic nitrogens is 1. The molecule has 3 aromatic rings. The summed E-state index contributed by atoms with van der Waals surface area (Å²) in [6, 6.07) is 7.50. The van der Waals surface area contributed by atoms with Gasteiger partial charge in [-0.3, -0.25) is 14.6 Å². The van der Waals surface area contributed by atoms with Crippen molar-refractivity contribution in [3.05, 3.63) is 70.4 Å². The fourth-order valence-corrected chi connectivity index (χ4v) is 4.04. The van der Waals surface area contributed by atoms with Crippen molar-refractivity contribution >= 4 is 34.3 Å². The summed E-state index contributed by atoms with van der Waals surface area (Å²) in [5, 5.41) is 11.7. The van der Waals surface area contributed by atoms with E-state index in [0.717, 1.165) is 12.8 Å². The molecule has 7 nitrogen and oxygen atoms in total. The van der Waals surface area contributed by atoms with E-state index in [2.05, 4.69) is 4.98 Å². The number of rotatable bonds is 7. The largest absolute Gasteiger partial charge is 0.503 e. The van der Waals surface area contributed by atoms with Crippen molar-refractivity contribution in [2.24, 2.45) is 0 Å². The number of carbonyl (C=O) groups is 2. The normalized spacial score (nSPS) is 16.4. The Kier molecular flexibility index (Phi) is 5.69. The minimum atomic E-state index is -0.728. The molecular formula is C23H21ClN2O5. The Labute approximate surface area is 183 Å². The molecular weight excluding hydrogens is 420 g/mol. The number of hydrogen-bond donors (Lipinski definition) is 1. The van der Waals surface area contributed by atoms with Gasteiger partial charge in [0.25, 0.3) is 5.91 Å². The molecule has 1 aromatic carbocycles. The number of nitrogens with zero attached hydrogens (tertiary/aromatic N) is 2.